The molecule has 1 aliphatic rings. The summed E-state index contributed by atoms with van der Waals surface area (Å²) in [6, 6.07) is 0.345. The summed E-state index contributed by atoms with van der Waals surface area (Å²) >= 11 is 3.68. The minimum Gasteiger partial charge on any atom is -0.326 e. The molecule has 17 heavy (non-hydrogen) atoms. The molecule has 2 heterocycles. The van der Waals surface area contributed by atoms with Gasteiger partial charge in [-0.3, -0.25) is 9.58 Å². The SMILES string of the molecule is CCc1nn(CC)c(CN2CC[C@H](N)C2)c1Br. The van der Waals surface area contributed by atoms with Gasteiger partial charge >= 0.3 is 0 Å². The predicted molar refractivity (Wildman–Crippen MR) is 72.8 cm³/mol. The second-order valence-electron chi connectivity index (χ2n) is 4.66. The third-order valence-electron chi connectivity index (χ3n) is 3.38. The van der Waals surface area contributed by atoms with Crippen LogP contribution in [0.2, 0.25) is 0 Å². The zero-order valence-corrected chi connectivity index (χ0v) is 12.2. The molecule has 0 bridgehead atoms. The number of hydrogen-bond acceptors (Lipinski definition) is 3. The first kappa shape index (κ1) is 13.1. The molecule has 0 saturated carbocycles. The van der Waals surface area contributed by atoms with Gasteiger partial charge in [0.15, 0.2) is 0 Å². The second kappa shape index (κ2) is 5.50. The molecule has 0 aromatic carbocycles. The molecule has 4 nitrogen and oxygen atoms in total. The Morgan fingerprint density at radius 3 is 2.76 bits per heavy atom. The summed E-state index contributed by atoms with van der Waals surface area (Å²) in [5, 5.41) is 4.62. The lowest BCUT2D eigenvalue weighted by Gasteiger charge is -2.16. The summed E-state index contributed by atoms with van der Waals surface area (Å²) in [6.45, 7) is 8.26. The monoisotopic (exact) mass is 300 g/mol. The quantitative estimate of drug-likeness (QED) is 0.922. The van der Waals surface area contributed by atoms with Crippen molar-refractivity contribution in [2.24, 2.45) is 5.73 Å². The van der Waals surface area contributed by atoms with Gasteiger partial charge in [0, 0.05) is 32.2 Å². The van der Waals surface area contributed by atoms with E-state index in [2.05, 4.69) is 44.5 Å². The Hall–Kier alpha value is -0.390. The fourth-order valence-corrected chi connectivity index (χ4v) is 3.08. The Bertz CT molecular complexity index is 388. The summed E-state index contributed by atoms with van der Waals surface area (Å²) in [4.78, 5) is 2.41. The van der Waals surface area contributed by atoms with Crippen molar-refractivity contribution in [1.82, 2.24) is 14.7 Å². The van der Waals surface area contributed by atoms with Crippen LogP contribution in [-0.2, 0) is 19.5 Å². The van der Waals surface area contributed by atoms with Crippen LogP contribution in [0, 0.1) is 0 Å². The fraction of sp³-hybridized carbons (Fsp3) is 0.750. The van der Waals surface area contributed by atoms with E-state index in [1.165, 1.54) is 10.2 Å². The summed E-state index contributed by atoms with van der Waals surface area (Å²) in [5.41, 5.74) is 8.39. The average molecular weight is 301 g/mol. The maximum Gasteiger partial charge on any atom is 0.0767 e. The summed E-state index contributed by atoms with van der Waals surface area (Å²) < 4.78 is 3.29. The molecular weight excluding hydrogens is 280 g/mol. The van der Waals surface area contributed by atoms with Gasteiger partial charge in [-0.1, -0.05) is 6.92 Å². The molecule has 96 valence electrons. The Balaban J connectivity index is 2.16. The largest absolute Gasteiger partial charge is 0.326 e. The van der Waals surface area contributed by atoms with Gasteiger partial charge in [-0.15, -0.1) is 0 Å². The topological polar surface area (TPSA) is 47.1 Å². The highest BCUT2D eigenvalue weighted by molar-refractivity contribution is 9.10. The van der Waals surface area contributed by atoms with Gasteiger partial charge in [0.25, 0.3) is 0 Å². The molecule has 1 saturated heterocycles. The van der Waals surface area contributed by atoms with E-state index in [4.69, 9.17) is 5.73 Å². The lowest BCUT2D eigenvalue weighted by molar-refractivity contribution is 0.314. The highest BCUT2D eigenvalue weighted by atomic mass is 79.9. The van der Waals surface area contributed by atoms with E-state index in [1.807, 2.05) is 0 Å². The number of likely N-dealkylation sites (tertiary alicyclic amines) is 1. The first-order chi connectivity index (χ1) is 8.15. The van der Waals surface area contributed by atoms with Crippen LogP contribution in [0.4, 0.5) is 0 Å². The summed E-state index contributed by atoms with van der Waals surface area (Å²) in [6.07, 6.45) is 2.08. The molecule has 0 unspecified atom stereocenters. The van der Waals surface area contributed by atoms with Gasteiger partial charge in [-0.25, -0.2) is 0 Å². The molecule has 1 aromatic heterocycles. The average Bonchev–Trinajstić information content (AvgIpc) is 2.85. The number of aromatic nitrogens is 2. The van der Waals surface area contributed by atoms with E-state index in [1.54, 1.807) is 0 Å². The van der Waals surface area contributed by atoms with Crippen molar-refractivity contribution in [2.45, 2.75) is 45.8 Å². The minimum atomic E-state index is 0.345. The Labute approximate surface area is 111 Å². The van der Waals surface area contributed by atoms with E-state index in [0.717, 1.165) is 44.7 Å². The molecule has 0 amide bonds. The smallest absolute Gasteiger partial charge is 0.0767 e. The number of nitrogens with two attached hydrogens (primary N) is 1. The summed E-state index contributed by atoms with van der Waals surface area (Å²) in [7, 11) is 0. The third-order valence-corrected chi connectivity index (χ3v) is 4.29. The number of aryl methyl sites for hydroxylation is 2. The van der Waals surface area contributed by atoms with Gasteiger partial charge in [0.2, 0.25) is 0 Å². The van der Waals surface area contributed by atoms with E-state index in [0.29, 0.717) is 6.04 Å². The van der Waals surface area contributed by atoms with Crippen molar-refractivity contribution in [3.05, 3.63) is 15.9 Å². The Morgan fingerprint density at radius 1 is 1.47 bits per heavy atom. The normalized spacial score (nSPS) is 21.3. The van der Waals surface area contributed by atoms with Crippen LogP contribution >= 0.6 is 15.9 Å². The van der Waals surface area contributed by atoms with Crippen molar-refractivity contribution in [1.29, 1.82) is 0 Å². The molecule has 0 spiro atoms. The molecule has 2 N–H and O–H groups in total. The molecule has 1 atom stereocenters. The predicted octanol–water partition coefficient (Wildman–Crippen LogP) is 1.76. The zero-order chi connectivity index (χ0) is 12.4. The lowest BCUT2D eigenvalue weighted by Crippen LogP contribution is -2.27. The first-order valence-electron chi connectivity index (χ1n) is 6.37. The number of nitrogens with zero attached hydrogens (tertiary/aromatic N) is 3. The van der Waals surface area contributed by atoms with Crippen molar-refractivity contribution in [2.75, 3.05) is 13.1 Å². The van der Waals surface area contributed by atoms with E-state index in [9.17, 15) is 0 Å². The van der Waals surface area contributed by atoms with E-state index >= 15 is 0 Å². The van der Waals surface area contributed by atoms with Crippen LogP contribution in [0.15, 0.2) is 4.47 Å². The lowest BCUT2D eigenvalue weighted by atomic mass is 10.3. The fourth-order valence-electron chi connectivity index (χ4n) is 2.39. The van der Waals surface area contributed by atoms with Crippen molar-refractivity contribution < 1.29 is 0 Å². The standard InChI is InChI=1S/C12H21BrN4/c1-3-10-12(13)11(17(4-2)15-10)8-16-6-5-9(14)7-16/h9H,3-8,14H2,1-2H3/t9-/m0/s1. The molecule has 1 fully saturated rings. The van der Waals surface area contributed by atoms with Crippen LogP contribution in [0.1, 0.15) is 31.7 Å². The van der Waals surface area contributed by atoms with Gasteiger partial charge in [0.1, 0.15) is 0 Å². The van der Waals surface area contributed by atoms with Crippen LogP contribution in [0.5, 0.6) is 0 Å². The molecule has 0 aliphatic carbocycles. The maximum absolute atomic E-state index is 5.94. The van der Waals surface area contributed by atoms with Crippen molar-refractivity contribution in [3.8, 4) is 0 Å². The minimum absolute atomic E-state index is 0.345. The number of hydrogen-bond donors (Lipinski definition) is 1. The van der Waals surface area contributed by atoms with Gasteiger partial charge in [-0.05, 0) is 35.7 Å². The van der Waals surface area contributed by atoms with Crippen LogP contribution in [0.25, 0.3) is 0 Å². The van der Waals surface area contributed by atoms with Gasteiger partial charge in [-0.2, -0.15) is 5.10 Å². The van der Waals surface area contributed by atoms with Crippen LogP contribution in [0.3, 0.4) is 0 Å². The van der Waals surface area contributed by atoms with E-state index < -0.39 is 0 Å². The number of rotatable bonds is 4. The van der Waals surface area contributed by atoms with Gasteiger partial charge < -0.3 is 5.73 Å². The third kappa shape index (κ3) is 2.72. The van der Waals surface area contributed by atoms with E-state index in [-0.39, 0.29) is 0 Å². The Kier molecular flexibility index (Phi) is 4.22. The molecule has 1 aliphatic heterocycles. The van der Waals surface area contributed by atoms with Crippen molar-refractivity contribution in [3.63, 3.8) is 0 Å². The highest BCUT2D eigenvalue weighted by Gasteiger charge is 2.22. The van der Waals surface area contributed by atoms with Crippen LogP contribution < -0.4 is 5.73 Å². The Morgan fingerprint density at radius 2 is 2.24 bits per heavy atom. The molecular formula is C12H21BrN4. The first-order valence-corrected chi connectivity index (χ1v) is 7.17. The molecule has 5 heteroatoms. The number of halogens is 1. The molecule has 2 rings (SSSR count). The van der Waals surface area contributed by atoms with Gasteiger partial charge in [0.05, 0.1) is 15.9 Å². The van der Waals surface area contributed by atoms with Crippen molar-refractivity contribution >= 4 is 15.9 Å². The zero-order valence-electron chi connectivity index (χ0n) is 10.6. The molecule has 0 radical (unpaired) electrons. The molecule has 1 aromatic rings. The van der Waals surface area contributed by atoms with Crippen LogP contribution in [-0.4, -0.2) is 33.8 Å². The summed E-state index contributed by atoms with van der Waals surface area (Å²) in [5.74, 6) is 0. The maximum atomic E-state index is 5.94. The highest BCUT2D eigenvalue weighted by Crippen LogP contribution is 2.24. The second-order valence-corrected chi connectivity index (χ2v) is 5.45.